The van der Waals surface area contributed by atoms with Crippen LogP contribution in [-0.2, 0) is 0 Å². The Morgan fingerprint density at radius 1 is 1.50 bits per heavy atom. The van der Waals surface area contributed by atoms with Gasteiger partial charge in [0.2, 0.25) is 0 Å². The number of carbonyl (C=O) groups is 1. The average Bonchev–Trinajstić information content (AvgIpc) is 2.72. The molecule has 0 aliphatic rings. The number of aromatic nitrogens is 1. The van der Waals surface area contributed by atoms with Gasteiger partial charge in [-0.3, -0.25) is 4.79 Å². The number of hydrogen-bond donors (Lipinski definition) is 2. The molecule has 1 amide bonds. The number of hydrogen-bond acceptors (Lipinski definition) is 2. The van der Waals surface area contributed by atoms with Gasteiger partial charge in [-0.15, -0.1) is 0 Å². The van der Waals surface area contributed by atoms with Crippen molar-refractivity contribution >= 4 is 16.8 Å². The Hall–Kier alpha value is -2.28. The maximum absolute atomic E-state index is 11.9. The molecule has 2 rings (SSSR count). The molecular weight excluding hydrogens is 226 g/mol. The molecule has 0 saturated heterocycles. The van der Waals surface area contributed by atoms with E-state index in [2.05, 4.69) is 10.3 Å². The summed E-state index contributed by atoms with van der Waals surface area (Å²) in [6.07, 6.45) is 0.311. The van der Waals surface area contributed by atoms with E-state index >= 15 is 0 Å². The lowest BCUT2D eigenvalue weighted by Crippen LogP contribution is -2.32. The summed E-state index contributed by atoms with van der Waals surface area (Å²) in [5.41, 5.74) is 2.63. The van der Waals surface area contributed by atoms with Gasteiger partial charge in [0.05, 0.1) is 12.5 Å². The molecule has 92 valence electrons. The Kier molecular flexibility index (Phi) is 3.33. The third-order valence-electron chi connectivity index (χ3n) is 2.80. The van der Waals surface area contributed by atoms with E-state index in [1.165, 1.54) is 0 Å². The minimum absolute atomic E-state index is 0.143. The fraction of sp³-hybridized carbons (Fsp3) is 0.286. The predicted molar refractivity (Wildman–Crippen MR) is 70.2 cm³/mol. The Bertz CT molecular complexity index is 621. The summed E-state index contributed by atoms with van der Waals surface area (Å²) < 4.78 is 0. The highest BCUT2D eigenvalue weighted by Gasteiger charge is 2.12. The molecule has 0 fully saturated rings. The van der Waals surface area contributed by atoms with Gasteiger partial charge in [-0.05, 0) is 31.5 Å². The fourth-order valence-corrected chi connectivity index (χ4v) is 1.85. The van der Waals surface area contributed by atoms with E-state index in [-0.39, 0.29) is 11.9 Å². The molecule has 0 saturated carbocycles. The lowest BCUT2D eigenvalue weighted by Gasteiger charge is -2.08. The number of rotatable bonds is 3. The molecule has 0 spiro atoms. The van der Waals surface area contributed by atoms with E-state index in [9.17, 15) is 4.79 Å². The van der Waals surface area contributed by atoms with Crippen LogP contribution in [0.1, 0.15) is 29.4 Å². The summed E-state index contributed by atoms with van der Waals surface area (Å²) in [4.78, 5) is 15.0. The van der Waals surface area contributed by atoms with Gasteiger partial charge < -0.3 is 10.3 Å². The number of aromatic amines is 1. The van der Waals surface area contributed by atoms with Crippen LogP contribution in [0.2, 0.25) is 0 Å². The van der Waals surface area contributed by atoms with E-state index in [4.69, 9.17) is 5.26 Å². The molecule has 2 N–H and O–H groups in total. The van der Waals surface area contributed by atoms with Gasteiger partial charge in [-0.1, -0.05) is 12.1 Å². The van der Waals surface area contributed by atoms with Crippen molar-refractivity contribution in [3.05, 3.63) is 35.5 Å². The smallest absolute Gasteiger partial charge is 0.267 e. The number of aryl methyl sites for hydroxylation is 1. The van der Waals surface area contributed by atoms with Crippen molar-refractivity contribution in [3.8, 4) is 6.07 Å². The first-order chi connectivity index (χ1) is 8.60. The van der Waals surface area contributed by atoms with E-state index in [0.29, 0.717) is 12.1 Å². The number of nitrogens with zero attached hydrogens (tertiary/aromatic N) is 1. The molecule has 1 heterocycles. The molecule has 2 aromatic rings. The lowest BCUT2D eigenvalue weighted by atomic mass is 10.2. The number of nitrogens with one attached hydrogen (secondary N) is 2. The second kappa shape index (κ2) is 4.92. The first kappa shape index (κ1) is 12.2. The zero-order valence-electron chi connectivity index (χ0n) is 10.4. The molecule has 1 aromatic heterocycles. The van der Waals surface area contributed by atoms with Crippen LogP contribution in [0, 0.1) is 18.3 Å². The van der Waals surface area contributed by atoms with Gasteiger partial charge >= 0.3 is 0 Å². The average molecular weight is 241 g/mol. The number of fused-ring (bicyclic) bond motifs is 1. The first-order valence-corrected chi connectivity index (χ1v) is 5.87. The first-order valence-electron chi connectivity index (χ1n) is 5.87. The molecule has 18 heavy (non-hydrogen) atoms. The van der Waals surface area contributed by atoms with Gasteiger partial charge in [0.15, 0.2) is 0 Å². The summed E-state index contributed by atoms with van der Waals surface area (Å²) in [6.45, 7) is 3.82. The number of nitriles is 1. The summed E-state index contributed by atoms with van der Waals surface area (Å²) >= 11 is 0. The Morgan fingerprint density at radius 2 is 2.28 bits per heavy atom. The van der Waals surface area contributed by atoms with Crippen LogP contribution in [0.15, 0.2) is 24.3 Å². The van der Waals surface area contributed by atoms with Crippen molar-refractivity contribution in [2.75, 3.05) is 0 Å². The van der Waals surface area contributed by atoms with Crippen LogP contribution in [0.25, 0.3) is 10.9 Å². The van der Waals surface area contributed by atoms with E-state index in [1.807, 2.05) is 44.2 Å². The number of benzene rings is 1. The molecule has 1 aromatic carbocycles. The van der Waals surface area contributed by atoms with Crippen molar-refractivity contribution in [3.63, 3.8) is 0 Å². The van der Waals surface area contributed by atoms with E-state index in [1.54, 1.807) is 0 Å². The SMILES string of the molecule is Cc1ccc2cc(C(=O)N[C@@H](C)CC#N)[nH]c2c1. The van der Waals surface area contributed by atoms with Crippen LogP contribution in [0.5, 0.6) is 0 Å². The molecular formula is C14H15N3O. The molecule has 0 aliphatic carbocycles. The van der Waals surface area contributed by atoms with E-state index < -0.39 is 0 Å². The molecule has 1 atom stereocenters. The van der Waals surface area contributed by atoms with Gasteiger partial charge in [-0.2, -0.15) is 5.26 Å². The van der Waals surface area contributed by atoms with Crippen molar-refractivity contribution in [1.82, 2.24) is 10.3 Å². The molecule has 4 heteroatoms. The van der Waals surface area contributed by atoms with Crippen LogP contribution in [0.3, 0.4) is 0 Å². The summed E-state index contributed by atoms with van der Waals surface area (Å²) in [5.74, 6) is -0.174. The standard InChI is InChI=1S/C14H15N3O/c1-9-3-4-11-8-13(17-12(11)7-9)14(18)16-10(2)5-6-15/h3-4,7-8,10,17H,5H2,1-2H3,(H,16,18)/t10-/m0/s1. The minimum atomic E-state index is -0.174. The number of carbonyl (C=O) groups excluding carboxylic acids is 1. The number of amides is 1. The Morgan fingerprint density at radius 3 is 3.00 bits per heavy atom. The Balaban J connectivity index is 2.21. The molecule has 0 aliphatic heterocycles. The van der Waals surface area contributed by atoms with Gasteiger partial charge in [0.1, 0.15) is 5.69 Å². The van der Waals surface area contributed by atoms with E-state index in [0.717, 1.165) is 16.5 Å². The van der Waals surface area contributed by atoms with Crippen LogP contribution in [0.4, 0.5) is 0 Å². The normalized spacial score (nSPS) is 12.1. The highest BCUT2D eigenvalue weighted by molar-refractivity contribution is 5.98. The molecule has 0 radical (unpaired) electrons. The quantitative estimate of drug-likeness (QED) is 0.866. The third-order valence-corrected chi connectivity index (χ3v) is 2.80. The van der Waals surface area contributed by atoms with Crippen molar-refractivity contribution < 1.29 is 4.79 Å². The van der Waals surface area contributed by atoms with Crippen LogP contribution < -0.4 is 5.32 Å². The highest BCUT2D eigenvalue weighted by Crippen LogP contribution is 2.16. The Labute approximate surface area is 106 Å². The van der Waals surface area contributed by atoms with Gasteiger partial charge in [-0.25, -0.2) is 0 Å². The third kappa shape index (κ3) is 2.51. The zero-order valence-corrected chi connectivity index (χ0v) is 10.4. The number of H-pyrrole nitrogens is 1. The molecule has 0 bridgehead atoms. The van der Waals surface area contributed by atoms with Crippen molar-refractivity contribution in [2.45, 2.75) is 26.3 Å². The second-order valence-electron chi connectivity index (χ2n) is 4.51. The second-order valence-corrected chi connectivity index (χ2v) is 4.51. The van der Waals surface area contributed by atoms with Gasteiger partial charge in [0, 0.05) is 16.9 Å². The highest BCUT2D eigenvalue weighted by atomic mass is 16.1. The largest absolute Gasteiger partial charge is 0.351 e. The van der Waals surface area contributed by atoms with Crippen molar-refractivity contribution in [1.29, 1.82) is 5.26 Å². The zero-order chi connectivity index (χ0) is 13.1. The lowest BCUT2D eigenvalue weighted by molar-refractivity contribution is 0.0936. The molecule has 4 nitrogen and oxygen atoms in total. The maximum Gasteiger partial charge on any atom is 0.267 e. The minimum Gasteiger partial charge on any atom is -0.351 e. The maximum atomic E-state index is 11.9. The van der Waals surface area contributed by atoms with Crippen LogP contribution in [-0.4, -0.2) is 16.9 Å². The topological polar surface area (TPSA) is 68.7 Å². The van der Waals surface area contributed by atoms with Crippen molar-refractivity contribution in [2.24, 2.45) is 0 Å². The van der Waals surface area contributed by atoms with Crippen LogP contribution >= 0.6 is 0 Å². The summed E-state index contributed by atoms with van der Waals surface area (Å²) in [6, 6.07) is 9.71. The molecule has 0 unspecified atom stereocenters. The monoisotopic (exact) mass is 241 g/mol. The summed E-state index contributed by atoms with van der Waals surface area (Å²) in [7, 11) is 0. The predicted octanol–water partition coefficient (Wildman–Crippen LogP) is 2.51. The fourth-order valence-electron chi connectivity index (χ4n) is 1.85. The summed E-state index contributed by atoms with van der Waals surface area (Å²) in [5, 5.41) is 12.3. The van der Waals surface area contributed by atoms with Gasteiger partial charge in [0.25, 0.3) is 5.91 Å².